The Morgan fingerprint density at radius 2 is 1.48 bits per heavy atom. The first kappa shape index (κ1) is 32.6. The zero-order chi connectivity index (χ0) is 32.0. The highest BCUT2D eigenvalue weighted by Crippen LogP contribution is 2.38. The number of ether oxygens (including phenoxy) is 1. The average Bonchev–Trinajstić information content (AvgIpc) is 2.93. The van der Waals surface area contributed by atoms with Gasteiger partial charge in [-0.1, -0.05) is 27.9 Å². The zero-order valence-corrected chi connectivity index (χ0v) is 22.7. The summed E-state index contributed by atoms with van der Waals surface area (Å²) in [6, 6.07) is 4.37. The van der Waals surface area contributed by atoms with E-state index in [0.717, 1.165) is 18.2 Å². The molecule has 0 radical (unpaired) electrons. The Morgan fingerprint density at radius 3 is 2.11 bits per heavy atom. The van der Waals surface area contributed by atoms with E-state index in [1.54, 1.807) is 6.08 Å². The number of aliphatic hydroxyl groups excluding tert-OH is 1. The van der Waals surface area contributed by atoms with Gasteiger partial charge in [-0.3, -0.25) is 0 Å². The lowest BCUT2D eigenvalue weighted by Crippen LogP contribution is -2.25. The SMILES string of the molecule is OC1CC\C=C(F)/C(c2cc(F)c(C(F)(F)Oc3ccc(-c4cc(F)c(/C=N/F)c(F)c4)c(F)c3)c(F)c2)=C\C=C\CCC1. The van der Waals surface area contributed by atoms with Gasteiger partial charge >= 0.3 is 6.11 Å². The predicted molar refractivity (Wildman–Crippen MR) is 147 cm³/mol. The number of allylic oxidation sites excluding steroid dienone is 6. The molecule has 3 aromatic carbocycles. The summed E-state index contributed by atoms with van der Waals surface area (Å²) in [7, 11) is 0. The van der Waals surface area contributed by atoms with Crippen molar-refractivity contribution in [1.29, 1.82) is 0 Å². The molecule has 1 unspecified atom stereocenters. The van der Waals surface area contributed by atoms with E-state index in [0.29, 0.717) is 49.6 Å². The Kier molecular flexibility index (Phi) is 10.4. The van der Waals surface area contributed by atoms with Crippen LogP contribution < -0.4 is 4.74 Å². The van der Waals surface area contributed by atoms with E-state index in [-0.39, 0.29) is 35.8 Å². The third kappa shape index (κ3) is 7.60. The monoisotopic (exact) mass is 625 g/mol. The molecule has 0 spiro atoms. The van der Waals surface area contributed by atoms with Gasteiger partial charge in [0.1, 0.15) is 46.2 Å². The minimum absolute atomic E-state index is 0.127. The zero-order valence-electron chi connectivity index (χ0n) is 22.7. The van der Waals surface area contributed by atoms with Gasteiger partial charge in [-0.05, 0) is 85.7 Å². The summed E-state index contributed by atoms with van der Waals surface area (Å²) in [5.41, 5.74) is -4.13. The van der Waals surface area contributed by atoms with E-state index in [1.165, 1.54) is 12.2 Å². The highest BCUT2D eigenvalue weighted by Gasteiger charge is 2.41. The van der Waals surface area contributed by atoms with Gasteiger partial charge in [-0.15, -0.1) is 0 Å². The summed E-state index contributed by atoms with van der Waals surface area (Å²) in [5.74, 6) is -9.15. The fraction of sp³-hybridized carbons (Fsp3) is 0.219. The summed E-state index contributed by atoms with van der Waals surface area (Å²) in [6.07, 6.45) is 2.54. The van der Waals surface area contributed by atoms with Crippen molar-refractivity contribution in [1.82, 2.24) is 0 Å². The van der Waals surface area contributed by atoms with E-state index in [1.807, 2.05) is 5.21 Å². The standard InChI is InChI=1S/C32H24F9NO2/c33-25-9-5-7-20(43)6-3-1-2-4-8-22(25)19-14-29(37)31(30(38)15-19)32(39,40)44-21-10-11-23(28(36)16-21)18-12-26(34)24(17-42-41)27(35)13-18/h2,4,8-17,20,43H,1,3,5-7H2/b4-2+,22-8-,25-9+,42-17+. The van der Waals surface area contributed by atoms with Gasteiger partial charge in [-0.25, -0.2) is 26.3 Å². The number of halogens is 9. The largest absolute Gasteiger partial charge is 0.432 e. The molecule has 0 saturated heterocycles. The summed E-state index contributed by atoms with van der Waals surface area (Å²) in [6.45, 7) is 0. The highest BCUT2D eigenvalue weighted by molar-refractivity contribution is 5.82. The van der Waals surface area contributed by atoms with Gasteiger partial charge < -0.3 is 9.84 Å². The molecule has 0 aromatic heterocycles. The minimum atomic E-state index is -4.68. The van der Waals surface area contributed by atoms with Crippen LogP contribution >= 0.6 is 0 Å². The minimum Gasteiger partial charge on any atom is -0.429 e. The fourth-order valence-electron chi connectivity index (χ4n) is 4.61. The van der Waals surface area contributed by atoms with Crippen LogP contribution in [0.25, 0.3) is 16.7 Å². The first-order chi connectivity index (χ1) is 20.9. The molecule has 0 saturated carbocycles. The van der Waals surface area contributed by atoms with Gasteiger partial charge in [0, 0.05) is 17.2 Å². The highest BCUT2D eigenvalue weighted by atomic mass is 19.3. The van der Waals surface area contributed by atoms with Crippen LogP contribution in [0.3, 0.4) is 0 Å². The Bertz CT molecular complexity index is 1600. The number of benzene rings is 3. The number of rotatable bonds is 6. The Morgan fingerprint density at radius 1 is 0.818 bits per heavy atom. The van der Waals surface area contributed by atoms with E-state index in [9.17, 15) is 27.1 Å². The quantitative estimate of drug-likeness (QED) is 0.219. The van der Waals surface area contributed by atoms with Crippen LogP contribution in [0, 0.1) is 29.1 Å². The Hall–Kier alpha value is -4.32. The molecule has 1 N–H and O–H groups in total. The van der Waals surface area contributed by atoms with Crippen molar-refractivity contribution in [3.05, 3.63) is 118 Å². The summed E-state index contributed by atoms with van der Waals surface area (Å²) in [4.78, 5) is 0. The van der Waals surface area contributed by atoms with E-state index >= 15 is 17.6 Å². The van der Waals surface area contributed by atoms with Gasteiger partial charge in [0.05, 0.1) is 17.9 Å². The summed E-state index contributed by atoms with van der Waals surface area (Å²) >= 11 is 0. The normalized spacial score (nSPS) is 19.8. The van der Waals surface area contributed by atoms with Crippen molar-refractivity contribution < 1.29 is 49.4 Å². The maximum absolute atomic E-state index is 15.0. The molecule has 1 aliphatic carbocycles. The van der Waals surface area contributed by atoms with Crippen LogP contribution in [0.1, 0.15) is 48.8 Å². The van der Waals surface area contributed by atoms with E-state index in [2.05, 4.69) is 4.74 Å². The topological polar surface area (TPSA) is 41.8 Å². The van der Waals surface area contributed by atoms with Crippen LogP contribution in [0.4, 0.5) is 39.6 Å². The van der Waals surface area contributed by atoms with Gasteiger partial charge in [0.2, 0.25) is 0 Å². The van der Waals surface area contributed by atoms with Crippen molar-refractivity contribution in [2.24, 2.45) is 5.21 Å². The van der Waals surface area contributed by atoms with Crippen LogP contribution in [0.15, 0.2) is 77.8 Å². The van der Waals surface area contributed by atoms with Crippen LogP contribution in [-0.2, 0) is 6.11 Å². The van der Waals surface area contributed by atoms with Crippen molar-refractivity contribution in [3.8, 4) is 16.9 Å². The molecule has 0 bridgehead atoms. The van der Waals surface area contributed by atoms with Crippen molar-refractivity contribution in [3.63, 3.8) is 0 Å². The molecular formula is C32H24F9NO2. The van der Waals surface area contributed by atoms with Crippen molar-refractivity contribution in [2.45, 2.75) is 44.3 Å². The molecule has 44 heavy (non-hydrogen) atoms. The molecule has 12 heteroatoms. The van der Waals surface area contributed by atoms with Crippen molar-refractivity contribution in [2.75, 3.05) is 0 Å². The van der Waals surface area contributed by atoms with Crippen LogP contribution in [-0.4, -0.2) is 17.4 Å². The van der Waals surface area contributed by atoms with Gasteiger partial charge in [-0.2, -0.15) is 8.78 Å². The maximum Gasteiger partial charge on any atom is 0.432 e. The molecule has 0 aliphatic heterocycles. The van der Waals surface area contributed by atoms with E-state index in [4.69, 9.17) is 0 Å². The van der Waals surface area contributed by atoms with Gasteiger partial charge in [0.15, 0.2) is 0 Å². The Balaban J connectivity index is 1.62. The fourth-order valence-corrected chi connectivity index (χ4v) is 4.61. The van der Waals surface area contributed by atoms with E-state index < -0.39 is 69.6 Å². The second-order valence-corrected chi connectivity index (χ2v) is 9.88. The first-order valence-electron chi connectivity index (χ1n) is 13.3. The third-order valence-electron chi connectivity index (χ3n) is 6.79. The summed E-state index contributed by atoms with van der Waals surface area (Å²) < 4.78 is 135. The van der Waals surface area contributed by atoms with Gasteiger partial charge in [0.25, 0.3) is 0 Å². The lowest BCUT2D eigenvalue weighted by molar-refractivity contribution is -0.189. The number of alkyl halides is 2. The number of aliphatic hydroxyl groups is 1. The molecule has 0 fully saturated rings. The third-order valence-corrected chi connectivity index (χ3v) is 6.79. The van der Waals surface area contributed by atoms with Crippen LogP contribution in [0.2, 0.25) is 0 Å². The molecule has 4 rings (SSSR count). The van der Waals surface area contributed by atoms with Crippen molar-refractivity contribution >= 4 is 11.8 Å². The Labute approximate surface area is 246 Å². The molecule has 232 valence electrons. The average molecular weight is 626 g/mol. The lowest BCUT2D eigenvalue weighted by atomic mass is 9.98. The number of nitrogens with zero attached hydrogens (tertiary/aromatic N) is 1. The summed E-state index contributed by atoms with van der Waals surface area (Å²) in [5, 5.41) is 12.0. The molecule has 3 aromatic rings. The maximum atomic E-state index is 15.0. The molecule has 0 amide bonds. The molecule has 0 heterocycles. The predicted octanol–water partition coefficient (Wildman–Crippen LogP) is 9.60. The van der Waals surface area contributed by atoms with Crippen LogP contribution in [0.5, 0.6) is 5.75 Å². The smallest absolute Gasteiger partial charge is 0.429 e. The lowest BCUT2D eigenvalue weighted by Gasteiger charge is -2.20. The number of hydrogen-bond donors (Lipinski definition) is 1. The molecule has 3 nitrogen and oxygen atoms in total. The second kappa shape index (κ2) is 14.0. The second-order valence-electron chi connectivity index (χ2n) is 9.88. The molecule has 1 aliphatic rings. The first-order valence-corrected chi connectivity index (χ1v) is 13.3. The molecule has 1 atom stereocenters. The number of hydrogen-bond acceptors (Lipinski definition) is 3. The molecular weight excluding hydrogens is 601 g/mol.